The molecule has 4 rings (SSSR count). The highest BCUT2D eigenvalue weighted by molar-refractivity contribution is 5.93. The molecule has 0 bridgehead atoms. The summed E-state index contributed by atoms with van der Waals surface area (Å²) in [5.74, 6) is 6.54. The molecule has 6 nitrogen and oxygen atoms in total. The van der Waals surface area contributed by atoms with Crippen LogP contribution in [-0.4, -0.2) is 34.9 Å². The van der Waals surface area contributed by atoms with Gasteiger partial charge in [-0.25, -0.2) is 4.39 Å². The molecule has 0 saturated heterocycles. The van der Waals surface area contributed by atoms with Gasteiger partial charge < -0.3 is 14.8 Å². The van der Waals surface area contributed by atoms with Gasteiger partial charge in [-0.15, -0.1) is 0 Å². The number of aromatic amines is 1. The first-order chi connectivity index (χ1) is 14.9. The second kappa shape index (κ2) is 8.52. The van der Waals surface area contributed by atoms with Crippen molar-refractivity contribution < 1.29 is 18.7 Å². The van der Waals surface area contributed by atoms with E-state index in [2.05, 4.69) is 27.4 Å². The van der Waals surface area contributed by atoms with E-state index in [4.69, 9.17) is 9.47 Å². The summed E-state index contributed by atoms with van der Waals surface area (Å²) in [6.45, 7) is 4.45. The Bertz CT molecular complexity index is 1160. The number of aromatic nitrogens is 2. The standard InChI is InChI=1S/C24H22FN3O3/c1-24(2)15-17-6-5-7-21(22(17)31-24)30-13-4-3-12-26-23(29)20-14-19(27-28-20)16-8-10-18(25)11-9-16/h5-11,14H,12-13,15H2,1-2H3,(H,26,29)(H,27,28). The number of hydrogen-bond donors (Lipinski definition) is 2. The summed E-state index contributed by atoms with van der Waals surface area (Å²) in [5, 5.41) is 9.47. The topological polar surface area (TPSA) is 76.2 Å². The third-order valence-corrected chi connectivity index (χ3v) is 4.78. The molecule has 2 aromatic carbocycles. The van der Waals surface area contributed by atoms with Crippen molar-refractivity contribution in [1.29, 1.82) is 0 Å². The van der Waals surface area contributed by atoms with Gasteiger partial charge in [0.25, 0.3) is 5.91 Å². The highest BCUT2D eigenvalue weighted by Crippen LogP contribution is 2.41. The van der Waals surface area contributed by atoms with Gasteiger partial charge in [-0.2, -0.15) is 5.10 Å². The summed E-state index contributed by atoms with van der Waals surface area (Å²) in [7, 11) is 0. The van der Waals surface area contributed by atoms with Gasteiger partial charge in [0.05, 0.1) is 12.2 Å². The molecule has 0 fully saturated rings. The molecular formula is C24H22FN3O3. The van der Waals surface area contributed by atoms with Gasteiger partial charge in [0.15, 0.2) is 11.5 Å². The first-order valence-electron chi connectivity index (χ1n) is 9.90. The molecular weight excluding hydrogens is 397 g/mol. The van der Waals surface area contributed by atoms with Crippen LogP contribution in [0.3, 0.4) is 0 Å². The summed E-state index contributed by atoms with van der Waals surface area (Å²) >= 11 is 0. The quantitative estimate of drug-likeness (QED) is 0.618. The molecule has 0 spiro atoms. The summed E-state index contributed by atoms with van der Waals surface area (Å²) in [6.07, 6.45) is 0.841. The molecule has 2 heterocycles. The molecule has 158 valence electrons. The minimum atomic E-state index is -0.326. The number of halogens is 1. The van der Waals surface area contributed by atoms with E-state index in [0.29, 0.717) is 22.7 Å². The Morgan fingerprint density at radius 3 is 2.87 bits per heavy atom. The maximum atomic E-state index is 13.0. The van der Waals surface area contributed by atoms with Crippen LogP contribution >= 0.6 is 0 Å². The molecule has 31 heavy (non-hydrogen) atoms. The smallest absolute Gasteiger partial charge is 0.270 e. The van der Waals surface area contributed by atoms with Gasteiger partial charge in [-0.1, -0.05) is 24.0 Å². The number of ether oxygens (including phenoxy) is 2. The molecule has 1 aromatic heterocycles. The largest absolute Gasteiger partial charge is 0.483 e. The van der Waals surface area contributed by atoms with Crippen molar-refractivity contribution in [3.8, 4) is 34.6 Å². The van der Waals surface area contributed by atoms with Crippen molar-refractivity contribution >= 4 is 5.91 Å². The summed E-state index contributed by atoms with van der Waals surface area (Å²) in [6, 6.07) is 13.3. The van der Waals surface area contributed by atoms with E-state index in [-0.39, 0.29) is 30.5 Å². The van der Waals surface area contributed by atoms with Crippen molar-refractivity contribution in [3.05, 3.63) is 65.6 Å². The minimum absolute atomic E-state index is 0.170. The molecule has 0 saturated carbocycles. The van der Waals surface area contributed by atoms with Gasteiger partial charge >= 0.3 is 0 Å². The van der Waals surface area contributed by atoms with Crippen LogP contribution in [0.2, 0.25) is 0 Å². The second-order valence-electron chi connectivity index (χ2n) is 7.78. The van der Waals surface area contributed by atoms with E-state index in [1.165, 1.54) is 12.1 Å². The lowest BCUT2D eigenvalue weighted by molar-refractivity contribution is 0.0953. The number of H-pyrrole nitrogens is 1. The minimum Gasteiger partial charge on any atom is -0.483 e. The molecule has 1 aliphatic rings. The van der Waals surface area contributed by atoms with Crippen molar-refractivity contribution in [2.45, 2.75) is 25.9 Å². The summed E-state index contributed by atoms with van der Waals surface area (Å²) < 4.78 is 24.7. The molecule has 1 aliphatic heterocycles. The number of carbonyl (C=O) groups excluding carboxylic acids is 1. The van der Waals surface area contributed by atoms with Crippen LogP contribution in [0.5, 0.6) is 11.5 Å². The Morgan fingerprint density at radius 1 is 1.26 bits per heavy atom. The van der Waals surface area contributed by atoms with E-state index < -0.39 is 0 Å². The lowest BCUT2D eigenvalue weighted by Gasteiger charge is -2.17. The first-order valence-corrected chi connectivity index (χ1v) is 9.90. The third-order valence-electron chi connectivity index (χ3n) is 4.78. The highest BCUT2D eigenvalue weighted by Gasteiger charge is 2.32. The number of hydrogen-bond acceptors (Lipinski definition) is 4. The summed E-state index contributed by atoms with van der Waals surface area (Å²) in [5.41, 5.74) is 2.47. The van der Waals surface area contributed by atoms with Crippen molar-refractivity contribution in [1.82, 2.24) is 15.5 Å². The molecule has 7 heteroatoms. The number of benzene rings is 2. The SMILES string of the molecule is CC1(C)Cc2cccc(OCC#CCNC(=O)c3cc(-c4ccc(F)cc4)n[nH]3)c2O1. The van der Waals surface area contributed by atoms with Crippen molar-refractivity contribution in [2.75, 3.05) is 13.2 Å². The van der Waals surface area contributed by atoms with Crippen LogP contribution in [-0.2, 0) is 6.42 Å². The Hall–Kier alpha value is -3.79. The molecule has 3 aromatic rings. The number of fused-ring (bicyclic) bond motifs is 1. The number of nitrogens with one attached hydrogen (secondary N) is 2. The number of amides is 1. The third kappa shape index (κ3) is 4.86. The molecule has 1 amide bonds. The molecule has 2 N–H and O–H groups in total. The molecule has 0 atom stereocenters. The molecule has 0 aliphatic carbocycles. The van der Waals surface area contributed by atoms with Gasteiger partial charge in [-0.05, 0) is 50.2 Å². The average molecular weight is 419 g/mol. The van der Waals surface area contributed by atoms with E-state index in [1.807, 2.05) is 32.0 Å². The van der Waals surface area contributed by atoms with Crippen LogP contribution in [0.4, 0.5) is 4.39 Å². The molecule has 0 unspecified atom stereocenters. The zero-order valence-corrected chi connectivity index (χ0v) is 17.3. The monoisotopic (exact) mass is 419 g/mol. The van der Waals surface area contributed by atoms with E-state index in [1.54, 1.807) is 18.2 Å². The molecule has 0 radical (unpaired) electrons. The van der Waals surface area contributed by atoms with E-state index in [9.17, 15) is 9.18 Å². The Morgan fingerprint density at radius 2 is 2.06 bits per heavy atom. The predicted molar refractivity (Wildman–Crippen MR) is 114 cm³/mol. The first kappa shape index (κ1) is 20.5. The lowest BCUT2D eigenvalue weighted by atomic mass is 10.0. The fourth-order valence-electron chi connectivity index (χ4n) is 3.35. The summed E-state index contributed by atoms with van der Waals surface area (Å²) in [4.78, 5) is 12.2. The fourth-order valence-corrected chi connectivity index (χ4v) is 3.35. The van der Waals surface area contributed by atoms with Crippen LogP contribution in [0.15, 0.2) is 48.5 Å². The second-order valence-corrected chi connectivity index (χ2v) is 7.78. The normalized spacial score (nSPS) is 13.5. The number of rotatable bonds is 5. The van der Waals surface area contributed by atoms with Gasteiger partial charge in [0.1, 0.15) is 23.7 Å². The number of para-hydroxylation sites is 1. The number of carbonyl (C=O) groups is 1. The fraction of sp³-hybridized carbons (Fsp3) is 0.250. The van der Waals surface area contributed by atoms with Crippen LogP contribution in [0, 0.1) is 17.7 Å². The maximum absolute atomic E-state index is 13.0. The van der Waals surface area contributed by atoms with Crippen LogP contribution < -0.4 is 14.8 Å². The zero-order chi connectivity index (χ0) is 21.8. The zero-order valence-electron chi connectivity index (χ0n) is 17.3. The van der Waals surface area contributed by atoms with Gasteiger partial charge in [0.2, 0.25) is 0 Å². The Labute approximate surface area is 179 Å². The van der Waals surface area contributed by atoms with Crippen molar-refractivity contribution in [3.63, 3.8) is 0 Å². The van der Waals surface area contributed by atoms with Crippen LogP contribution in [0.1, 0.15) is 29.9 Å². The van der Waals surface area contributed by atoms with Crippen LogP contribution in [0.25, 0.3) is 11.3 Å². The Kier molecular flexibility index (Phi) is 5.63. The van der Waals surface area contributed by atoms with E-state index in [0.717, 1.165) is 17.7 Å². The lowest BCUT2D eigenvalue weighted by Crippen LogP contribution is -2.24. The maximum Gasteiger partial charge on any atom is 0.270 e. The van der Waals surface area contributed by atoms with E-state index >= 15 is 0 Å². The van der Waals surface area contributed by atoms with Crippen molar-refractivity contribution in [2.24, 2.45) is 0 Å². The highest BCUT2D eigenvalue weighted by atomic mass is 19.1. The van der Waals surface area contributed by atoms with Gasteiger partial charge in [-0.3, -0.25) is 9.89 Å². The van der Waals surface area contributed by atoms with Gasteiger partial charge in [0, 0.05) is 17.5 Å². The average Bonchev–Trinajstić information content (AvgIpc) is 3.34. The Balaban J connectivity index is 1.26. The predicted octanol–water partition coefficient (Wildman–Crippen LogP) is 3.74. The number of nitrogens with zero attached hydrogens (tertiary/aromatic N) is 1.